The molecule has 2 heterocycles. The molecular formula is C15H25N3O. The van der Waals surface area contributed by atoms with Crippen molar-refractivity contribution in [2.45, 2.75) is 38.8 Å². The van der Waals surface area contributed by atoms with Gasteiger partial charge in [-0.05, 0) is 44.0 Å². The summed E-state index contributed by atoms with van der Waals surface area (Å²) in [5.41, 5.74) is 2.45. The zero-order valence-electron chi connectivity index (χ0n) is 12.3. The molecule has 4 heteroatoms. The first kappa shape index (κ1) is 14.3. The van der Waals surface area contributed by atoms with Crippen molar-refractivity contribution in [1.82, 2.24) is 10.3 Å². The van der Waals surface area contributed by atoms with Crippen LogP contribution < -0.4 is 10.2 Å². The highest BCUT2D eigenvalue weighted by Crippen LogP contribution is 2.18. The number of hydrogen-bond donors (Lipinski definition) is 1. The molecule has 0 radical (unpaired) electrons. The molecule has 0 aromatic carbocycles. The van der Waals surface area contributed by atoms with E-state index in [-0.39, 0.29) is 0 Å². The van der Waals surface area contributed by atoms with E-state index < -0.39 is 0 Å². The van der Waals surface area contributed by atoms with Crippen molar-refractivity contribution in [1.29, 1.82) is 0 Å². The summed E-state index contributed by atoms with van der Waals surface area (Å²) in [7, 11) is 4.08. The summed E-state index contributed by atoms with van der Waals surface area (Å²) in [4.78, 5) is 6.94. The number of aryl methyl sites for hydroxylation is 1. The number of rotatable bonds is 6. The average molecular weight is 263 g/mol. The van der Waals surface area contributed by atoms with E-state index in [1.54, 1.807) is 0 Å². The number of nitrogens with zero attached hydrogens (tertiary/aromatic N) is 2. The highest BCUT2D eigenvalue weighted by molar-refractivity contribution is 5.42. The highest BCUT2D eigenvalue weighted by atomic mass is 16.5. The molecule has 1 fully saturated rings. The first-order chi connectivity index (χ1) is 9.22. The topological polar surface area (TPSA) is 37.4 Å². The van der Waals surface area contributed by atoms with Crippen LogP contribution in [-0.4, -0.2) is 38.3 Å². The van der Waals surface area contributed by atoms with Crippen LogP contribution in [0.2, 0.25) is 0 Å². The number of aromatic nitrogens is 1. The van der Waals surface area contributed by atoms with Crippen LogP contribution in [0.3, 0.4) is 0 Å². The SMILES string of the molecule is CCc1cc(CNC)cc(N(C)CC2CCCO2)n1. The number of anilines is 1. The van der Waals surface area contributed by atoms with Gasteiger partial charge in [-0.15, -0.1) is 0 Å². The molecule has 2 rings (SSSR count). The molecule has 0 bridgehead atoms. The van der Waals surface area contributed by atoms with Gasteiger partial charge in [0.15, 0.2) is 0 Å². The molecule has 19 heavy (non-hydrogen) atoms. The van der Waals surface area contributed by atoms with Crippen LogP contribution in [0.25, 0.3) is 0 Å². The van der Waals surface area contributed by atoms with Crippen LogP contribution >= 0.6 is 0 Å². The average Bonchev–Trinajstić information content (AvgIpc) is 2.91. The van der Waals surface area contributed by atoms with Gasteiger partial charge in [-0.3, -0.25) is 0 Å². The predicted octanol–water partition coefficient (Wildman–Crippen LogP) is 1.98. The molecule has 1 N–H and O–H groups in total. The molecule has 1 unspecified atom stereocenters. The quantitative estimate of drug-likeness (QED) is 0.851. The highest BCUT2D eigenvalue weighted by Gasteiger charge is 2.18. The fraction of sp³-hybridized carbons (Fsp3) is 0.667. The minimum atomic E-state index is 0.366. The van der Waals surface area contributed by atoms with Gasteiger partial charge in [0.1, 0.15) is 5.82 Å². The van der Waals surface area contributed by atoms with Crippen molar-refractivity contribution in [3.8, 4) is 0 Å². The predicted molar refractivity (Wildman–Crippen MR) is 78.6 cm³/mol. The summed E-state index contributed by atoms with van der Waals surface area (Å²) in [6.45, 7) is 4.87. The van der Waals surface area contributed by atoms with Gasteiger partial charge in [0.05, 0.1) is 6.10 Å². The van der Waals surface area contributed by atoms with Gasteiger partial charge in [-0.2, -0.15) is 0 Å². The minimum Gasteiger partial charge on any atom is -0.376 e. The third-order valence-electron chi connectivity index (χ3n) is 3.56. The molecule has 0 spiro atoms. The van der Waals surface area contributed by atoms with E-state index in [4.69, 9.17) is 9.72 Å². The second kappa shape index (κ2) is 6.87. The Morgan fingerprint density at radius 3 is 2.95 bits per heavy atom. The first-order valence-electron chi connectivity index (χ1n) is 7.20. The number of nitrogens with one attached hydrogen (secondary N) is 1. The fourth-order valence-electron chi connectivity index (χ4n) is 2.50. The molecule has 1 aromatic rings. The van der Waals surface area contributed by atoms with Gasteiger partial charge in [-0.1, -0.05) is 6.92 Å². The molecule has 0 saturated carbocycles. The molecule has 106 valence electrons. The maximum absolute atomic E-state index is 5.70. The lowest BCUT2D eigenvalue weighted by molar-refractivity contribution is 0.116. The van der Waals surface area contributed by atoms with Crippen LogP contribution in [0.1, 0.15) is 31.0 Å². The summed E-state index contributed by atoms with van der Waals surface area (Å²) in [5.74, 6) is 1.06. The molecule has 0 amide bonds. The lowest BCUT2D eigenvalue weighted by Gasteiger charge is -2.23. The van der Waals surface area contributed by atoms with Gasteiger partial charge in [0.2, 0.25) is 0 Å². The molecule has 1 saturated heterocycles. The van der Waals surface area contributed by atoms with Crippen LogP contribution in [0.5, 0.6) is 0 Å². The van der Waals surface area contributed by atoms with Crippen molar-refractivity contribution < 1.29 is 4.74 Å². The zero-order chi connectivity index (χ0) is 13.7. The molecule has 4 nitrogen and oxygen atoms in total. The zero-order valence-corrected chi connectivity index (χ0v) is 12.3. The van der Waals surface area contributed by atoms with Crippen LogP contribution in [0.4, 0.5) is 5.82 Å². The summed E-state index contributed by atoms with van der Waals surface area (Å²) in [5, 5.41) is 3.20. The Labute approximate surface area is 116 Å². The maximum atomic E-state index is 5.70. The largest absolute Gasteiger partial charge is 0.376 e. The van der Waals surface area contributed by atoms with E-state index in [9.17, 15) is 0 Å². The van der Waals surface area contributed by atoms with E-state index in [1.165, 1.54) is 18.4 Å². The van der Waals surface area contributed by atoms with Crippen molar-refractivity contribution in [3.05, 3.63) is 23.4 Å². The minimum absolute atomic E-state index is 0.366. The normalized spacial score (nSPS) is 18.8. The summed E-state index contributed by atoms with van der Waals surface area (Å²) in [6, 6.07) is 4.35. The van der Waals surface area contributed by atoms with Gasteiger partial charge in [0.25, 0.3) is 0 Å². The standard InChI is InChI=1S/C15H25N3O/c1-4-13-8-12(10-16-2)9-15(17-13)18(3)11-14-6-5-7-19-14/h8-9,14,16H,4-7,10-11H2,1-3H3. The van der Waals surface area contributed by atoms with E-state index in [0.717, 1.165) is 37.6 Å². The summed E-state index contributed by atoms with van der Waals surface area (Å²) < 4.78 is 5.70. The first-order valence-corrected chi connectivity index (χ1v) is 7.20. The van der Waals surface area contributed by atoms with Crippen LogP contribution in [0.15, 0.2) is 12.1 Å². The van der Waals surface area contributed by atoms with Gasteiger partial charge in [0, 0.05) is 32.4 Å². The van der Waals surface area contributed by atoms with Gasteiger partial charge >= 0.3 is 0 Å². The molecule has 1 atom stereocenters. The monoisotopic (exact) mass is 263 g/mol. The molecular weight excluding hydrogens is 238 g/mol. The Bertz CT molecular complexity index is 402. The number of likely N-dealkylation sites (N-methyl/N-ethyl adjacent to an activating group) is 1. The van der Waals surface area contributed by atoms with E-state index in [2.05, 4.69) is 36.3 Å². The van der Waals surface area contributed by atoms with Gasteiger partial charge < -0.3 is 15.0 Å². The molecule has 0 aliphatic carbocycles. The van der Waals surface area contributed by atoms with E-state index in [0.29, 0.717) is 6.10 Å². The molecule has 1 aliphatic heterocycles. The van der Waals surface area contributed by atoms with Crippen molar-refractivity contribution in [2.75, 3.05) is 32.1 Å². The van der Waals surface area contributed by atoms with Crippen LogP contribution in [-0.2, 0) is 17.7 Å². The fourth-order valence-corrected chi connectivity index (χ4v) is 2.50. The lowest BCUT2D eigenvalue weighted by atomic mass is 10.1. The Kier molecular flexibility index (Phi) is 5.16. The van der Waals surface area contributed by atoms with Crippen molar-refractivity contribution >= 4 is 5.82 Å². The second-order valence-corrected chi connectivity index (χ2v) is 5.22. The van der Waals surface area contributed by atoms with Crippen molar-refractivity contribution in [3.63, 3.8) is 0 Å². The Morgan fingerprint density at radius 1 is 1.47 bits per heavy atom. The van der Waals surface area contributed by atoms with Crippen molar-refractivity contribution in [2.24, 2.45) is 0 Å². The third kappa shape index (κ3) is 3.91. The third-order valence-corrected chi connectivity index (χ3v) is 3.56. The Balaban J connectivity index is 2.09. The summed E-state index contributed by atoms with van der Waals surface area (Å²) in [6.07, 6.45) is 3.69. The smallest absolute Gasteiger partial charge is 0.128 e. The summed E-state index contributed by atoms with van der Waals surface area (Å²) >= 11 is 0. The maximum Gasteiger partial charge on any atom is 0.128 e. The number of ether oxygens (including phenoxy) is 1. The Hall–Kier alpha value is -1.13. The second-order valence-electron chi connectivity index (χ2n) is 5.22. The van der Waals surface area contributed by atoms with E-state index >= 15 is 0 Å². The lowest BCUT2D eigenvalue weighted by Crippen LogP contribution is -2.29. The number of hydrogen-bond acceptors (Lipinski definition) is 4. The number of pyridine rings is 1. The van der Waals surface area contributed by atoms with Gasteiger partial charge in [-0.25, -0.2) is 4.98 Å². The Morgan fingerprint density at radius 2 is 2.32 bits per heavy atom. The molecule has 1 aliphatic rings. The van der Waals surface area contributed by atoms with E-state index in [1.807, 2.05) is 7.05 Å². The molecule has 1 aromatic heterocycles. The van der Waals surface area contributed by atoms with Crippen LogP contribution in [0, 0.1) is 0 Å².